The van der Waals surface area contributed by atoms with Crippen molar-refractivity contribution in [2.75, 3.05) is 12.4 Å². The van der Waals surface area contributed by atoms with Gasteiger partial charge in [0.15, 0.2) is 5.11 Å². The maximum Gasteiger partial charge on any atom is 0.257 e. The second-order valence-electron chi connectivity index (χ2n) is 6.20. The predicted octanol–water partition coefficient (Wildman–Crippen LogP) is 5.10. The molecule has 1 amide bonds. The number of hydrogen-bond acceptors (Lipinski definition) is 5. The summed E-state index contributed by atoms with van der Waals surface area (Å²) in [7, 11) is 1.58. The number of anilines is 1. The van der Waals surface area contributed by atoms with Crippen LogP contribution in [0.3, 0.4) is 0 Å². The molecule has 0 aliphatic heterocycles. The van der Waals surface area contributed by atoms with Crippen LogP contribution in [0.5, 0.6) is 5.75 Å². The third-order valence-corrected chi connectivity index (χ3v) is 5.53. The number of benzene rings is 3. The van der Waals surface area contributed by atoms with E-state index in [1.54, 1.807) is 42.7 Å². The van der Waals surface area contributed by atoms with E-state index in [1.165, 1.54) is 0 Å². The molecule has 1 heterocycles. The molecule has 0 atom stereocenters. The summed E-state index contributed by atoms with van der Waals surface area (Å²) in [6.07, 6.45) is 0. The zero-order valence-corrected chi connectivity index (χ0v) is 17.1. The van der Waals surface area contributed by atoms with Gasteiger partial charge in [-0.2, -0.15) is 0 Å². The van der Waals surface area contributed by atoms with Gasteiger partial charge < -0.3 is 10.1 Å². The topological polar surface area (TPSA) is 63.2 Å². The number of carbonyl (C=O) groups is 1. The first-order valence-electron chi connectivity index (χ1n) is 8.85. The Morgan fingerprint density at radius 3 is 2.59 bits per heavy atom. The van der Waals surface area contributed by atoms with Crippen molar-refractivity contribution in [3.05, 3.63) is 78.4 Å². The van der Waals surface area contributed by atoms with Crippen LogP contribution < -0.4 is 15.4 Å². The average Bonchev–Trinajstić information content (AvgIpc) is 3.18. The third kappa shape index (κ3) is 4.42. The molecular formula is C22H17N3O2S2. The molecule has 4 aromatic rings. The summed E-state index contributed by atoms with van der Waals surface area (Å²) in [4.78, 5) is 17.0. The molecule has 0 aliphatic carbocycles. The molecule has 0 saturated heterocycles. The van der Waals surface area contributed by atoms with Crippen LogP contribution in [0.25, 0.3) is 20.8 Å². The van der Waals surface area contributed by atoms with E-state index in [9.17, 15) is 4.79 Å². The summed E-state index contributed by atoms with van der Waals surface area (Å²) in [5, 5.41) is 6.91. The van der Waals surface area contributed by atoms with E-state index in [4.69, 9.17) is 17.0 Å². The van der Waals surface area contributed by atoms with Gasteiger partial charge in [0.05, 0.1) is 17.3 Å². The lowest BCUT2D eigenvalue weighted by Gasteiger charge is -2.10. The molecule has 5 nitrogen and oxygen atoms in total. The van der Waals surface area contributed by atoms with Crippen LogP contribution in [-0.4, -0.2) is 23.1 Å². The van der Waals surface area contributed by atoms with Gasteiger partial charge in [0.1, 0.15) is 10.8 Å². The van der Waals surface area contributed by atoms with E-state index in [1.807, 2.05) is 42.5 Å². The largest absolute Gasteiger partial charge is 0.497 e. The van der Waals surface area contributed by atoms with E-state index < -0.39 is 0 Å². The summed E-state index contributed by atoms with van der Waals surface area (Å²) in [6, 6.07) is 22.7. The van der Waals surface area contributed by atoms with Crippen LogP contribution >= 0.6 is 23.6 Å². The highest BCUT2D eigenvalue weighted by Crippen LogP contribution is 2.31. The van der Waals surface area contributed by atoms with E-state index in [2.05, 4.69) is 21.7 Å². The highest BCUT2D eigenvalue weighted by molar-refractivity contribution is 7.80. The molecular weight excluding hydrogens is 402 g/mol. The molecule has 29 heavy (non-hydrogen) atoms. The molecule has 0 saturated carbocycles. The minimum Gasteiger partial charge on any atom is -0.497 e. The maximum atomic E-state index is 12.3. The van der Waals surface area contributed by atoms with Crippen molar-refractivity contribution < 1.29 is 9.53 Å². The summed E-state index contributed by atoms with van der Waals surface area (Å²) >= 11 is 6.93. The number of carbonyl (C=O) groups excluding carboxylic acids is 1. The second kappa shape index (κ2) is 8.38. The van der Waals surface area contributed by atoms with Crippen LogP contribution in [-0.2, 0) is 0 Å². The van der Waals surface area contributed by atoms with Crippen LogP contribution in [0.15, 0.2) is 72.8 Å². The number of amides is 1. The lowest BCUT2D eigenvalue weighted by molar-refractivity contribution is 0.0977. The Labute approximate surface area is 177 Å². The van der Waals surface area contributed by atoms with Gasteiger partial charge in [0.2, 0.25) is 0 Å². The molecule has 1 aromatic heterocycles. The van der Waals surface area contributed by atoms with Crippen molar-refractivity contribution in [1.82, 2.24) is 10.3 Å². The van der Waals surface area contributed by atoms with Gasteiger partial charge in [-0.25, -0.2) is 4.98 Å². The zero-order chi connectivity index (χ0) is 20.2. The second-order valence-corrected chi connectivity index (χ2v) is 7.64. The lowest BCUT2D eigenvalue weighted by atomic mass is 10.2. The number of fused-ring (bicyclic) bond motifs is 1. The minimum absolute atomic E-state index is 0.229. The van der Waals surface area contributed by atoms with E-state index >= 15 is 0 Å². The fourth-order valence-electron chi connectivity index (χ4n) is 2.81. The maximum absolute atomic E-state index is 12.3. The predicted molar refractivity (Wildman–Crippen MR) is 122 cm³/mol. The van der Waals surface area contributed by atoms with Crippen LogP contribution in [0.1, 0.15) is 10.4 Å². The molecule has 0 unspecified atom stereocenters. The first kappa shape index (κ1) is 19.0. The van der Waals surface area contributed by atoms with Gasteiger partial charge in [-0.05, 0) is 60.7 Å². The quantitative estimate of drug-likeness (QED) is 0.451. The molecule has 0 fully saturated rings. The Morgan fingerprint density at radius 2 is 1.83 bits per heavy atom. The fraction of sp³-hybridized carbons (Fsp3) is 0.0455. The zero-order valence-electron chi connectivity index (χ0n) is 15.5. The normalized spacial score (nSPS) is 10.5. The smallest absolute Gasteiger partial charge is 0.257 e. The molecule has 3 aromatic carbocycles. The Kier molecular flexibility index (Phi) is 5.50. The number of hydrogen-bond donors (Lipinski definition) is 2. The van der Waals surface area contributed by atoms with Crippen molar-refractivity contribution in [3.8, 4) is 16.3 Å². The number of nitrogens with zero attached hydrogens (tertiary/aromatic N) is 1. The van der Waals surface area contributed by atoms with Crippen molar-refractivity contribution in [3.63, 3.8) is 0 Å². The van der Waals surface area contributed by atoms with E-state index in [0.29, 0.717) is 11.3 Å². The molecule has 2 N–H and O–H groups in total. The van der Waals surface area contributed by atoms with Gasteiger partial charge in [-0.1, -0.05) is 24.3 Å². The summed E-state index contributed by atoms with van der Waals surface area (Å²) in [5.74, 6) is 0.404. The summed E-state index contributed by atoms with van der Waals surface area (Å²) < 4.78 is 6.24. The number of thiocarbonyl (C=S) groups is 1. The molecule has 7 heteroatoms. The minimum atomic E-state index is -0.285. The molecule has 0 aliphatic rings. The average molecular weight is 420 g/mol. The van der Waals surface area contributed by atoms with Crippen molar-refractivity contribution in [1.29, 1.82) is 0 Å². The van der Waals surface area contributed by atoms with Crippen molar-refractivity contribution >= 4 is 50.5 Å². The molecule has 4 rings (SSSR count). The summed E-state index contributed by atoms with van der Waals surface area (Å²) in [6.45, 7) is 0. The number of ether oxygens (including phenoxy) is 1. The first-order chi connectivity index (χ1) is 14.1. The van der Waals surface area contributed by atoms with Crippen LogP contribution in [0.2, 0.25) is 0 Å². The molecule has 144 valence electrons. The number of methoxy groups -OCH3 is 1. The van der Waals surface area contributed by atoms with Crippen LogP contribution in [0, 0.1) is 0 Å². The summed E-state index contributed by atoms with van der Waals surface area (Å²) in [5.41, 5.74) is 3.24. The number of nitrogens with one attached hydrogen (secondary N) is 2. The van der Waals surface area contributed by atoms with Gasteiger partial charge >= 0.3 is 0 Å². The van der Waals surface area contributed by atoms with Crippen molar-refractivity contribution in [2.24, 2.45) is 0 Å². The monoisotopic (exact) mass is 419 g/mol. The van der Waals surface area contributed by atoms with Crippen molar-refractivity contribution in [2.45, 2.75) is 0 Å². The highest BCUT2D eigenvalue weighted by Gasteiger charge is 2.10. The number of rotatable bonds is 4. The highest BCUT2D eigenvalue weighted by atomic mass is 32.1. The third-order valence-electron chi connectivity index (χ3n) is 4.24. The lowest BCUT2D eigenvalue weighted by Crippen LogP contribution is -2.34. The number of thiazole rings is 1. The Balaban J connectivity index is 1.45. The van der Waals surface area contributed by atoms with Gasteiger partial charge in [0, 0.05) is 16.8 Å². The van der Waals surface area contributed by atoms with Crippen LogP contribution in [0.4, 0.5) is 5.69 Å². The molecule has 0 radical (unpaired) electrons. The Bertz CT molecular complexity index is 1150. The van der Waals surface area contributed by atoms with Gasteiger partial charge in [0.25, 0.3) is 5.91 Å². The standard InChI is InChI=1S/C22H17N3O2S2/c1-27-17-11-9-14(10-12-17)20(26)25-22(28)23-16-6-4-5-15(13-16)21-24-18-7-2-3-8-19(18)29-21/h2-13H,1H3,(H2,23,25,26,28). The first-order valence-corrected chi connectivity index (χ1v) is 10.1. The fourth-order valence-corrected chi connectivity index (χ4v) is 3.98. The Hall–Kier alpha value is -3.29. The Morgan fingerprint density at radius 1 is 1.03 bits per heavy atom. The molecule has 0 bridgehead atoms. The molecule has 0 spiro atoms. The van der Waals surface area contributed by atoms with E-state index in [-0.39, 0.29) is 11.0 Å². The number of para-hydroxylation sites is 1. The SMILES string of the molecule is COc1ccc(C(=O)NC(=S)Nc2cccc(-c3nc4ccccc4s3)c2)cc1. The van der Waals surface area contributed by atoms with E-state index in [0.717, 1.165) is 26.5 Å². The number of aromatic nitrogens is 1. The van der Waals surface area contributed by atoms with Gasteiger partial charge in [-0.3, -0.25) is 10.1 Å². The van der Waals surface area contributed by atoms with Gasteiger partial charge in [-0.15, -0.1) is 11.3 Å².